The molecule has 3 nitrogen and oxygen atoms in total. The second-order valence-corrected chi connectivity index (χ2v) is 6.35. The molecule has 2 aromatic carbocycles. The number of nitrogens with one attached hydrogen (secondary N) is 1. The van der Waals surface area contributed by atoms with Crippen LogP contribution in [0.2, 0.25) is 15.1 Å². The summed E-state index contributed by atoms with van der Waals surface area (Å²) in [5.74, 6) is 0.357. The van der Waals surface area contributed by atoms with Crippen molar-refractivity contribution in [1.82, 2.24) is 0 Å². The number of ether oxygens (including phenoxy) is 1. The quantitative estimate of drug-likeness (QED) is 0.607. The summed E-state index contributed by atoms with van der Waals surface area (Å²) in [5, 5.41) is 3.65. The largest absolute Gasteiger partial charge is 0.493 e. The molecule has 0 aliphatic heterocycles. The van der Waals surface area contributed by atoms with E-state index in [4.69, 9.17) is 39.5 Å². The van der Waals surface area contributed by atoms with E-state index in [2.05, 4.69) is 21.2 Å². The molecule has 7 heteroatoms. The first kappa shape index (κ1) is 17.4. The molecule has 0 heterocycles. The summed E-state index contributed by atoms with van der Waals surface area (Å²) in [7, 11) is 0. The lowest BCUT2D eigenvalue weighted by Crippen LogP contribution is -2.12. The number of amides is 1. The van der Waals surface area contributed by atoms with E-state index in [1.807, 2.05) is 6.92 Å². The molecule has 2 rings (SSSR count). The first-order valence-electron chi connectivity index (χ1n) is 6.30. The van der Waals surface area contributed by atoms with Crippen molar-refractivity contribution in [3.8, 4) is 5.75 Å². The molecule has 0 atom stereocenters. The minimum Gasteiger partial charge on any atom is -0.493 e. The average molecular weight is 424 g/mol. The fourth-order valence-corrected chi connectivity index (χ4v) is 2.81. The Morgan fingerprint density at radius 1 is 1.14 bits per heavy atom. The van der Waals surface area contributed by atoms with Crippen molar-refractivity contribution in [3.63, 3.8) is 0 Å². The summed E-state index contributed by atoms with van der Waals surface area (Å²) in [6.45, 7) is 2.43. The van der Waals surface area contributed by atoms with Crippen molar-refractivity contribution in [1.29, 1.82) is 0 Å². The number of halogens is 4. The van der Waals surface area contributed by atoms with Crippen molar-refractivity contribution in [2.45, 2.75) is 6.92 Å². The Morgan fingerprint density at radius 2 is 1.82 bits per heavy atom. The lowest BCUT2D eigenvalue weighted by atomic mass is 10.2. The first-order valence-corrected chi connectivity index (χ1v) is 8.23. The Hall–Kier alpha value is -0.940. The molecule has 116 valence electrons. The standard InChI is InChI=1S/C15H11BrCl3NO2/c1-2-22-14-4-3-8(5-9(14)16)15(21)20-13-7-11(18)10(17)6-12(13)19/h3-7H,2H2,1H3,(H,20,21). The highest BCUT2D eigenvalue weighted by atomic mass is 79.9. The second kappa shape index (κ2) is 7.55. The fourth-order valence-electron chi connectivity index (χ4n) is 1.73. The zero-order chi connectivity index (χ0) is 16.3. The summed E-state index contributed by atoms with van der Waals surface area (Å²) in [4.78, 5) is 12.3. The topological polar surface area (TPSA) is 38.3 Å². The minimum atomic E-state index is -0.316. The van der Waals surface area contributed by atoms with Crippen LogP contribution in [0.25, 0.3) is 0 Å². The van der Waals surface area contributed by atoms with Crippen LogP contribution < -0.4 is 10.1 Å². The summed E-state index contributed by atoms with van der Waals surface area (Å²) in [5.41, 5.74) is 0.851. The highest BCUT2D eigenvalue weighted by Crippen LogP contribution is 2.33. The van der Waals surface area contributed by atoms with Crippen molar-refractivity contribution in [3.05, 3.63) is 55.4 Å². The van der Waals surface area contributed by atoms with Gasteiger partial charge < -0.3 is 10.1 Å². The third-order valence-electron chi connectivity index (χ3n) is 2.75. The van der Waals surface area contributed by atoms with E-state index < -0.39 is 0 Å². The first-order chi connectivity index (χ1) is 10.4. The van der Waals surface area contributed by atoms with Crippen molar-refractivity contribution in [2.75, 3.05) is 11.9 Å². The lowest BCUT2D eigenvalue weighted by molar-refractivity contribution is 0.102. The van der Waals surface area contributed by atoms with Crippen LogP contribution in [-0.2, 0) is 0 Å². The third kappa shape index (κ3) is 4.07. The molecule has 0 unspecified atom stereocenters. The van der Waals surface area contributed by atoms with Gasteiger partial charge in [0.05, 0.1) is 31.8 Å². The van der Waals surface area contributed by atoms with E-state index in [9.17, 15) is 4.79 Å². The number of rotatable bonds is 4. The van der Waals surface area contributed by atoms with Gasteiger partial charge in [-0.25, -0.2) is 0 Å². The smallest absolute Gasteiger partial charge is 0.255 e. The fraction of sp³-hybridized carbons (Fsp3) is 0.133. The van der Waals surface area contributed by atoms with Crippen LogP contribution in [0.4, 0.5) is 5.69 Å². The van der Waals surface area contributed by atoms with Gasteiger partial charge in [-0.15, -0.1) is 0 Å². The number of anilines is 1. The van der Waals surface area contributed by atoms with Gasteiger partial charge in [0.15, 0.2) is 0 Å². The summed E-state index contributed by atoms with van der Waals surface area (Å²) < 4.78 is 6.10. The zero-order valence-corrected chi connectivity index (χ0v) is 15.3. The normalized spacial score (nSPS) is 10.4. The molecule has 0 aromatic heterocycles. The molecule has 1 N–H and O–H groups in total. The van der Waals surface area contributed by atoms with Crippen LogP contribution in [0.1, 0.15) is 17.3 Å². The molecule has 0 aliphatic carbocycles. The van der Waals surface area contributed by atoms with Crippen molar-refractivity contribution in [2.24, 2.45) is 0 Å². The van der Waals surface area contributed by atoms with Gasteiger partial charge in [0.2, 0.25) is 0 Å². The van der Waals surface area contributed by atoms with Gasteiger partial charge >= 0.3 is 0 Å². The molecule has 0 aliphatic rings. The van der Waals surface area contributed by atoms with Crippen LogP contribution >= 0.6 is 50.7 Å². The van der Waals surface area contributed by atoms with Gasteiger partial charge in [0.25, 0.3) is 5.91 Å². The Labute approximate surface area is 151 Å². The minimum absolute atomic E-state index is 0.313. The maximum Gasteiger partial charge on any atom is 0.255 e. The molecule has 22 heavy (non-hydrogen) atoms. The number of carbonyl (C=O) groups excluding carboxylic acids is 1. The van der Waals surface area contributed by atoms with Gasteiger partial charge in [-0.1, -0.05) is 34.8 Å². The number of benzene rings is 2. The summed E-state index contributed by atoms with van der Waals surface area (Å²) in [6.07, 6.45) is 0. The molecular formula is C15H11BrCl3NO2. The van der Waals surface area contributed by atoms with Gasteiger partial charge in [0.1, 0.15) is 5.75 Å². The number of hydrogen-bond donors (Lipinski definition) is 1. The maximum atomic E-state index is 12.3. The van der Waals surface area contributed by atoms with Gasteiger partial charge in [-0.2, -0.15) is 0 Å². The highest BCUT2D eigenvalue weighted by Gasteiger charge is 2.13. The molecule has 2 aromatic rings. The predicted octanol–water partition coefficient (Wildman–Crippen LogP) is 6.06. The van der Waals surface area contributed by atoms with E-state index in [-0.39, 0.29) is 5.91 Å². The van der Waals surface area contributed by atoms with E-state index in [0.717, 1.165) is 0 Å². The van der Waals surface area contributed by atoms with Crippen LogP contribution in [0.15, 0.2) is 34.8 Å². The lowest BCUT2D eigenvalue weighted by Gasteiger charge is -2.10. The Kier molecular flexibility index (Phi) is 5.98. The van der Waals surface area contributed by atoms with Crippen molar-refractivity contribution >= 4 is 62.3 Å². The molecule has 0 saturated carbocycles. The van der Waals surface area contributed by atoms with Gasteiger partial charge in [-0.3, -0.25) is 4.79 Å². The third-order valence-corrected chi connectivity index (χ3v) is 4.41. The molecule has 1 amide bonds. The Morgan fingerprint density at radius 3 is 2.45 bits per heavy atom. The monoisotopic (exact) mass is 421 g/mol. The van der Waals surface area contributed by atoms with Gasteiger partial charge in [0, 0.05) is 5.56 Å². The van der Waals surface area contributed by atoms with Crippen LogP contribution in [-0.4, -0.2) is 12.5 Å². The zero-order valence-electron chi connectivity index (χ0n) is 11.4. The average Bonchev–Trinajstić information content (AvgIpc) is 2.47. The number of carbonyl (C=O) groups is 1. The molecular weight excluding hydrogens is 412 g/mol. The van der Waals surface area contributed by atoms with Crippen LogP contribution in [0.5, 0.6) is 5.75 Å². The Bertz CT molecular complexity index is 722. The maximum absolute atomic E-state index is 12.3. The number of hydrogen-bond acceptors (Lipinski definition) is 2. The molecule has 0 saturated heterocycles. The SMILES string of the molecule is CCOc1ccc(C(=O)Nc2cc(Cl)c(Cl)cc2Cl)cc1Br. The summed E-state index contributed by atoms with van der Waals surface area (Å²) in [6, 6.07) is 8.05. The van der Waals surface area contributed by atoms with E-state index in [1.165, 1.54) is 12.1 Å². The van der Waals surface area contributed by atoms with E-state index in [1.54, 1.807) is 18.2 Å². The van der Waals surface area contributed by atoms with E-state index in [0.29, 0.717) is 43.1 Å². The van der Waals surface area contributed by atoms with Crippen LogP contribution in [0, 0.1) is 0 Å². The Balaban J connectivity index is 2.22. The second-order valence-electron chi connectivity index (χ2n) is 4.28. The highest BCUT2D eigenvalue weighted by molar-refractivity contribution is 9.10. The molecule has 0 fully saturated rings. The van der Waals surface area contributed by atoms with Crippen LogP contribution in [0.3, 0.4) is 0 Å². The van der Waals surface area contributed by atoms with Gasteiger partial charge in [-0.05, 0) is 53.2 Å². The summed E-state index contributed by atoms with van der Waals surface area (Å²) >= 11 is 21.2. The molecule has 0 radical (unpaired) electrons. The predicted molar refractivity (Wildman–Crippen MR) is 94.7 cm³/mol. The molecule has 0 spiro atoms. The van der Waals surface area contributed by atoms with E-state index >= 15 is 0 Å². The van der Waals surface area contributed by atoms with Crippen molar-refractivity contribution < 1.29 is 9.53 Å². The molecule has 0 bridgehead atoms.